The van der Waals surface area contributed by atoms with E-state index in [-0.39, 0.29) is 0 Å². The number of halogens is 1. The number of nitrogens with one attached hydrogen (secondary N) is 1. The number of hydrogen-bond donors (Lipinski definition) is 1. The Morgan fingerprint density at radius 3 is 2.84 bits per heavy atom. The van der Waals surface area contributed by atoms with Crippen molar-refractivity contribution in [2.45, 2.75) is 25.8 Å². The van der Waals surface area contributed by atoms with E-state index < -0.39 is 0 Å². The quantitative estimate of drug-likeness (QED) is 0.912. The zero-order valence-electron chi connectivity index (χ0n) is 11.6. The van der Waals surface area contributed by atoms with Crippen molar-refractivity contribution >= 4 is 26.8 Å². The molecule has 1 aromatic carbocycles. The van der Waals surface area contributed by atoms with E-state index in [1.807, 2.05) is 0 Å². The lowest BCUT2D eigenvalue weighted by molar-refractivity contribution is 0.415. The second kappa shape index (κ2) is 4.84. The predicted molar refractivity (Wildman–Crippen MR) is 81.9 cm³/mol. The Balaban J connectivity index is 2.26. The number of ether oxygens (including phenoxy) is 1. The third kappa shape index (κ3) is 1.98. The number of rotatable bonds is 2. The summed E-state index contributed by atoms with van der Waals surface area (Å²) >= 11 is 3.79. The van der Waals surface area contributed by atoms with Crippen LogP contribution in [0.3, 0.4) is 0 Å². The molecule has 2 aromatic rings. The molecule has 1 N–H and O–H groups in total. The van der Waals surface area contributed by atoms with E-state index in [0.717, 1.165) is 12.3 Å². The number of aromatic nitrogens is 1. The fourth-order valence-electron chi connectivity index (χ4n) is 3.19. The largest absolute Gasteiger partial charge is 0.497 e. The molecular weight excluding hydrogens is 304 g/mol. The third-order valence-electron chi connectivity index (χ3n) is 4.06. The molecule has 1 aliphatic rings. The van der Waals surface area contributed by atoms with Crippen LogP contribution in [0, 0.1) is 6.92 Å². The summed E-state index contributed by atoms with van der Waals surface area (Å²) in [5.74, 6) is 0.919. The van der Waals surface area contributed by atoms with Crippen molar-refractivity contribution in [1.29, 1.82) is 0 Å². The highest BCUT2D eigenvalue weighted by Gasteiger charge is 2.25. The maximum Gasteiger partial charge on any atom is 0.119 e. The average molecular weight is 323 g/mol. The number of aryl methyl sites for hydroxylation is 2. The Morgan fingerprint density at radius 2 is 2.21 bits per heavy atom. The van der Waals surface area contributed by atoms with E-state index in [0.29, 0.717) is 6.04 Å². The van der Waals surface area contributed by atoms with Crippen molar-refractivity contribution in [3.63, 3.8) is 0 Å². The first kappa shape index (κ1) is 13.0. The minimum absolute atomic E-state index is 0.456. The van der Waals surface area contributed by atoms with Crippen LogP contribution in [0.5, 0.6) is 5.75 Å². The van der Waals surface area contributed by atoms with Crippen molar-refractivity contribution < 1.29 is 4.74 Å². The van der Waals surface area contributed by atoms with Crippen LogP contribution < -0.4 is 10.1 Å². The van der Waals surface area contributed by atoms with Gasteiger partial charge in [0, 0.05) is 28.6 Å². The van der Waals surface area contributed by atoms with Gasteiger partial charge in [0.15, 0.2) is 0 Å². The average Bonchev–Trinajstić information content (AvgIpc) is 2.98. The SMILES string of the molecule is COc1cc(C)c2c(c1)c(Br)c(C1CCCN1)n2C. The lowest BCUT2D eigenvalue weighted by Gasteiger charge is -2.13. The Kier molecular flexibility index (Phi) is 3.31. The molecule has 0 saturated carbocycles. The van der Waals surface area contributed by atoms with Crippen molar-refractivity contribution in [3.05, 3.63) is 27.9 Å². The molecule has 3 nitrogen and oxygen atoms in total. The van der Waals surface area contributed by atoms with E-state index >= 15 is 0 Å². The van der Waals surface area contributed by atoms with Gasteiger partial charge in [0.2, 0.25) is 0 Å². The summed E-state index contributed by atoms with van der Waals surface area (Å²) in [6.07, 6.45) is 2.46. The fourth-order valence-corrected chi connectivity index (χ4v) is 4.03. The summed E-state index contributed by atoms with van der Waals surface area (Å²) in [6, 6.07) is 4.67. The van der Waals surface area contributed by atoms with Crippen LogP contribution in [0.15, 0.2) is 16.6 Å². The van der Waals surface area contributed by atoms with Gasteiger partial charge in [-0.25, -0.2) is 0 Å². The molecule has 1 aliphatic heterocycles. The Labute approximate surface area is 122 Å². The maximum absolute atomic E-state index is 5.39. The van der Waals surface area contributed by atoms with Crippen LogP contribution in [0.25, 0.3) is 10.9 Å². The van der Waals surface area contributed by atoms with Crippen molar-refractivity contribution in [3.8, 4) is 5.75 Å². The highest BCUT2D eigenvalue weighted by molar-refractivity contribution is 9.10. The maximum atomic E-state index is 5.39. The van der Waals surface area contributed by atoms with E-state index in [1.54, 1.807) is 7.11 Å². The Hall–Kier alpha value is -1.00. The number of fused-ring (bicyclic) bond motifs is 1. The van der Waals surface area contributed by atoms with Gasteiger partial charge in [-0.1, -0.05) is 0 Å². The van der Waals surface area contributed by atoms with Gasteiger partial charge in [-0.05, 0) is 59.9 Å². The molecular formula is C15H19BrN2O. The van der Waals surface area contributed by atoms with Gasteiger partial charge in [0.05, 0.1) is 12.6 Å². The molecule has 19 heavy (non-hydrogen) atoms. The van der Waals surface area contributed by atoms with E-state index in [4.69, 9.17) is 4.74 Å². The van der Waals surface area contributed by atoms with E-state index in [1.165, 1.54) is 39.5 Å². The topological polar surface area (TPSA) is 26.2 Å². The van der Waals surface area contributed by atoms with Crippen LogP contribution in [0.1, 0.15) is 30.1 Å². The highest BCUT2D eigenvalue weighted by atomic mass is 79.9. The molecule has 102 valence electrons. The smallest absolute Gasteiger partial charge is 0.119 e. The first-order valence-electron chi connectivity index (χ1n) is 6.69. The van der Waals surface area contributed by atoms with Crippen molar-refractivity contribution in [1.82, 2.24) is 9.88 Å². The van der Waals surface area contributed by atoms with Crippen LogP contribution in [0.2, 0.25) is 0 Å². The molecule has 1 aromatic heterocycles. The molecule has 0 aliphatic carbocycles. The second-order valence-corrected chi connectivity index (χ2v) is 6.04. The molecule has 0 bridgehead atoms. The second-order valence-electron chi connectivity index (χ2n) is 5.25. The molecule has 1 saturated heterocycles. The van der Waals surface area contributed by atoms with Gasteiger partial charge in [-0.3, -0.25) is 0 Å². The standard InChI is InChI=1S/C15H19BrN2O/c1-9-7-10(19-3)8-11-13(16)15(18(2)14(9)11)12-5-4-6-17-12/h7-8,12,17H,4-6H2,1-3H3. The first-order chi connectivity index (χ1) is 9.13. The molecule has 0 radical (unpaired) electrons. The van der Waals surface area contributed by atoms with E-state index in [9.17, 15) is 0 Å². The van der Waals surface area contributed by atoms with Crippen LogP contribution >= 0.6 is 15.9 Å². The lowest BCUT2D eigenvalue weighted by atomic mass is 10.1. The van der Waals surface area contributed by atoms with E-state index in [2.05, 4.69) is 51.9 Å². The summed E-state index contributed by atoms with van der Waals surface area (Å²) in [4.78, 5) is 0. The minimum atomic E-state index is 0.456. The van der Waals surface area contributed by atoms with Gasteiger partial charge in [-0.2, -0.15) is 0 Å². The molecule has 1 fully saturated rings. The normalized spacial score (nSPS) is 19.3. The fraction of sp³-hybridized carbons (Fsp3) is 0.467. The highest BCUT2D eigenvalue weighted by Crippen LogP contribution is 2.39. The monoisotopic (exact) mass is 322 g/mol. The molecule has 1 unspecified atom stereocenters. The number of nitrogens with zero attached hydrogens (tertiary/aromatic N) is 1. The van der Waals surface area contributed by atoms with Crippen molar-refractivity contribution in [2.24, 2.45) is 7.05 Å². The van der Waals surface area contributed by atoms with Gasteiger partial charge in [0.1, 0.15) is 5.75 Å². The summed E-state index contributed by atoms with van der Waals surface area (Å²) in [7, 11) is 3.87. The van der Waals surface area contributed by atoms with Crippen molar-refractivity contribution in [2.75, 3.05) is 13.7 Å². The molecule has 0 amide bonds. The minimum Gasteiger partial charge on any atom is -0.497 e. The molecule has 1 atom stereocenters. The molecule has 0 spiro atoms. The summed E-state index contributed by atoms with van der Waals surface area (Å²) in [5, 5.41) is 4.82. The lowest BCUT2D eigenvalue weighted by Crippen LogP contribution is -2.16. The molecule has 3 rings (SSSR count). The number of methoxy groups -OCH3 is 1. The van der Waals surface area contributed by atoms with Gasteiger partial charge in [0.25, 0.3) is 0 Å². The predicted octanol–water partition coefficient (Wildman–Crippen LogP) is 3.68. The van der Waals surface area contributed by atoms with Gasteiger partial charge < -0.3 is 14.6 Å². The summed E-state index contributed by atoms with van der Waals surface area (Å²) in [5.41, 5.74) is 3.89. The first-order valence-corrected chi connectivity index (χ1v) is 7.48. The summed E-state index contributed by atoms with van der Waals surface area (Å²) < 4.78 is 8.90. The van der Waals surface area contributed by atoms with Gasteiger partial charge in [-0.15, -0.1) is 0 Å². The number of benzene rings is 1. The zero-order chi connectivity index (χ0) is 13.6. The van der Waals surface area contributed by atoms with Crippen LogP contribution in [0.4, 0.5) is 0 Å². The molecule has 2 heterocycles. The third-order valence-corrected chi connectivity index (χ3v) is 4.89. The zero-order valence-corrected chi connectivity index (χ0v) is 13.2. The number of hydrogen-bond acceptors (Lipinski definition) is 2. The summed E-state index contributed by atoms with van der Waals surface area (Å²) in [6.45, 7) is 3.25. The van der Waals surface area contributed by atoms with Gasteiger partial charge >= 0.3 is 0 Å². The van der Waals surface area contributed by atoms with Crippen LogP contribution in [-0.4, -0.2) is 18.2 Å². The van der Waals surface area contributed by atoms with Crippen LogP contribution in [-0.2, 0) is 7.05 Å². The Bertz CT molecular complexity index is 627. The Morgan fingerprint density at radius 1 is 1.42 bits per heavy atom. The molecule has 4 heteroatoms.